The highest BCUT2D eigenvalue weighted by Gasteiger charge is 2.44. The highest BCUT2D eigenvalue weighted by Crippen LogP contribution is 2.38. The van der Waals surface area contributed by atoms with Crippen molar-refractivity contribution in [3.63, 3.8) is 0 Å². The van der Waals surface area contributed by atoms with Gasteiger partial charge in [0, 0.05) is 64.1 Å². The van der Waals surface area contributed by atoms with Crippen molar-refractivity contribution < 1.29 is 22.7 Å². The molecule has 2 aromatic carbocycles. The van der Waals surface area contributed by atoms with Gasteiger partial charge in [0.15, 0.2) is 11.5 Å². The monoisotopic (exact) mass is 762 g/mol. The number of imidazole rings is 1. The third-order valence-electron chi connectivity index (χ3n) is 11.0. The zero-order valence-electron chi connectivity index (χ0n) is 31.0. The molecule has 17 heteroatoms. The molecule has 7 heterocycles. The van der Waals surface area contributed by atoms with Crippen molar-refractivity contribution in [2.24, 2.45) is 5.41 Å². The van der Waals surface area contributed by atoms with E-state index in [0.717, 1.165) is 12.1 Å². The Morgan fingerprint density at radius 2 is 1.82 bits per heavy atom. The van der Waals surface area contributed by atoms with E-state index in [2.05, 4.69) is 21.5 Å². The van der Waals surface area contributed by atoms with Crippen molar-refractivity contribution >= 4 is 45.6 Å². The van der Waals surface area contributed by atoms with E-state index in [1.54, 1.807) is 19.1 Å². The Kier molecular flexibility index (Phi) is 8.34. The zero-order chi connectivity index (χ0) is 39.0. The molecule has 6 aromatic rings. The highest BCUT2D eigenvalue weighted by atomic mass is 19.1. The Bertz CT molecular complexity index is 2600. The van der Waals surface area contributed by atoms with Crippen LogP contribution >= 0.6 is 0 Å². The smallest absolute Gasteiger partial charge is 0.245 e. The average molecular weight is 763 g/mol. The number of anilines is 3. The summed E-state index contributed by atoms with van der Waals surface area (Å²) in [7, 11) is 3.32. The largest absolute Gasteiger partial charge is 0.378 e. The van der Waals surface area contributed by atoms with Crippen molar-refractivity contribution in [1.82, 2.24) is 39.2 Å². The molecule has 1 N–H and O–H groups in total. The number of hydrogen-bond donors (Lipinski definition) is 1. The minimum absolute atomic E-state index is 0.0133. The summed E-state index contributed by atoms with van der Waals surface area (Å²) in [5, 5.41) is 18.2. The van der Waals surface area contributed by atoms with Gasteiger partial charge in [0.1, 0.15) is 40.8 Å². The molecule has 2 saturated heterocycles. The molecule has 0 aliphatic carbocycles. The third kappa shape index (κ3) is 5.91. The molecule has 14 nitrogen and oxygen atoms in total. The average Bonchev–Trinajstić information content (AvgIpc) is 3.87. The number of nitrogens with zero attached hydrogens (tertiary/aromatic N) is 11. The predicted octanol–water partition coefficient (Wildman–Crippen LogP) is 4.85. The topological polar surface area (TPSA) is 146 Å². The fourth-order valence-corrected chi connectivity index (χ4v) is 8.19. The molecule has 4 aromatic heterocycles. The zero-order valence-corrected chi connectivity index (χ0v) is 31.0. The Morgan fingerprint density at radius 3 is 2.59 bits per heavy atom. The van der Waals surface area contributed by atoms with E-state index in [9.17, 15) is 14.4 Å². The van der Waals surface area contributed by atoms with E-state index in [1.165, 1.54) is 29.1 Å². The lowest BCUT2D eigenvalue weighted by atomic mass is 9.84. The summed E-state index contributed by atoms with van der Waals surface area (Å²) in [4.78, 5) is 39.5. The van der Waals surface area contributed by atoms with Crippen molar-refractivity contribution in [3.05, 3.63) is 78.0 Å². The Hall–Kier alpha value is -6.28. The van der Waals surface area contributed by atoms with Crippen molar-refractivity contribution in [3.8, 4) is 23.0 Å². The summed E-state index contributed by atoms with van der Waals surface area (Å²) in [5.74, 6) is -0.314. The number of aromatic nitrogens is 7. The first-order chi connectivity index (χ1) is 26.9. The molecule has 0 spiro atoms. The van der Waals surface area contributed by atoms with Gasteiger partial charge >= 0.3 is 0 Å². The maximum Gasteiger partial charge on any atom is 0.245 e. The number of aryl methyl sites for hydroxylation is 1. The van der Waals surface area contributed by atoms with Crippen LogP contribution in [0.25, 0.3) is 39.0 Å². The van der Waals surface area contributed by atoms with E-state index in [4.69, 9.17) is 19.7 Å². The molecule has 286 valence electrons. The fraction of sp³-hybridized carbons (Fsp3) is 0.359. The molecule has 2 fully saturated rings. The van der Waals surface area contributed by atoms with E-state index < -0.39 is 35.0 Å². The lowest BCUT2D eigenvalue weighted by molar-refractivity contribution is -0.132. The molecule has 9 rings (SSSR count). The molecule has 3 aliphatic heterocycles. The highest BCUT2D eigenvalue weighted by molar-refractivity contribution is 5.94. The van der Waals surface area contributed by atoms with E-state index in [1.807, 2.05) is 46.4 Å². The van der Waals surface area contributed by atoms with Crippen LogP contribution in [0.4, 0.5) is 30.8 Å². The van der Waals surface area contributed by atoms with Crippen LogP contribution in [0.15, 0.2) is 54.7 Å². The molecule has 3 aliphatic rings. The Labute approximate surface area is 319 Å². The first-order valence-electron chi connectivity index (χ1n) is 18.2. The summed E-state index contributed by atoms with van der Waals surface area (Å²) < 4.78 is 53.5. The molecular weight excluding hydrogens is 726 g/mol. The van der Waals surface area contributed by atoms with Crippen molar-refractivity contribution in [2.45, 2.75) is 45.0 Å². The standard InChI is InChI=1S/C39H37F3N12O2/c1-21-45-30-12-23(41)10-26-29-6-5-7-33(47-29)46-24-13-32(37(55)50(3)16-25(56-4)17-52(21)34(26)30)53(15-24)35-27-14-44-54(31-9-8-22(40)11-28(31)42)36(27)49-38(48-35)51-19-39(2,18-43)20-51/h5-12,14,24-25,32H,13,15-17,19-20H2,1-4H3,(H,46,47)/t24-,25-,32-/m0/s1. The number of nitrogens with one attached hydrogen (secondary N) is 1. The number of halogens is 3. The summed E-state index contributed by atoms with van der Waals surface area (Å²) in [6.45, 7) is 5.28. The number of pyridine rings is 1. The number of benzene rings is 2. The predicted molar refractivity (Wildman–Crippen MR) is 202 cm³/mol. The van der Waals surface area contributed by atoms with Gasteiger partial charge in [-0.1, -0.05) is 6.07 Å². The molecule has 0 radical (unpaired) electrons. The van der Waals surface area contributed by atoms with Crippen molar-refractivity contribution in [1.29, 1.82) is 5.26 Å². The quantitative estimate of drug-likeness (QED) is 0.263. The first kappa shape index (κ1) is 35.4. The minimum Gasteiger partial charge on any atom is -0.378 e. The van der Waals surface area contributed by atoms with Crippen LogP contribution < -0.4 is 15.1 Å². The SMILES string of the molecule is CO[C@H]1CN(C)C(=O)[C@@H]2C[C@@H](CN2c2nc(N3CC(C)(C#N)C3)nc3c2cnn3-c2ccc(F)cc2F)Nc2cccc(n2)-c2cc(F)cc3nc(C)n(c23)C1. The maximum atomic E-state index is 15.2. The second-order valence-corrected chi connectivity index (χ2v) is 15.1. The molecule has 0 saturated carbocycles. The number of carbonyl (C=O) groups is 1. The third-order valence-corrected chi connectivity index (χ3v) is 11.0. The van der Waals surface area contributed by atoms with Crippen molar-refractivity contribution in [2.75, 3.05) is 55.5 Å². The summed E-state index contributed by atoms with van der Waals surface area (Å²) in [5.41, 5.74) is 1.96. The number of fused-ring (bicyclic) bond motifs is 6. The molecule has 0 unspecified atom stereocenters. The minimum atomic E-state index is -0.828. The van der Waals surface area contributed by atoms with E-state index in [0.29, 0.717) is 77.7 Å². The van der Waals surface area contributed by atoms with Gasteiger partial charge in [-0.15, -0.1) is 0 Å². The van der Waals surface area contributed by atoms with Crippen LogP contribution in [-0.4, -0.2) is 104 Å². The summed E-state index contributed by atoms with van der Waals surface area (Å²) in [6.07, 6.45) is 1.41. The van der Waals surface area contributed by atoms with E-state index in [-0.39, 0.29) is 35.8 Å². The van der Waals surface area contributed by atoms with Gasteiger partial charge in [-0.05, 0) is 50.6 Å². The number of amides is 1. The van der Waals surface area contributed by atoms with Crippen LogP contribution in [0.5, 0.6) is 0 Å². The van der Waals surface area contributed by atoms with Crippen LogP contribution in [-0.2, 0) is 16.1 Å². The van der Waals surface area contributed by atoms with Gasteiger partial charge in [0.05, 0.1) is 52.4 Å². The lowest BCUT2D eigenvalue weighted by Gasteiger charge is -2.43. The van der Waals surface area contributed by atoms with Crippen LogP contribution in [0.2, 0.25) is 0 Å². The van der Waals surface area contributed by atoms with Gasteiger partial charge in [-0.25, -0.2) is 27.8 Å². The molecule has 3 atom stereocenters. The van der Waals surface area contributed by atoms with Crippen LogP contribution in [0.3, 0.4) is 0 Å². The summed E-state index contributed by atoms with van der Waals surface area (Å²) >= 11 is 0. The number of ether oxygens (including phenoxy) is 1. The number of carbonyl (C=O) groups excluding carboxylic acids is 1. The maximum absolute atomic E-state index is 15.2. The number of hydrogen-bond acceptors (Lipinski definition) is 11. The Morgan fingerprint density at radius 1 is 1.00 bits per heavy atom. The normalized spacial score (nSPS) is 20.8. The van der Waals surface area contributed by atoms with Gasteiger partial charge in [0.25, 0.3) is 0 Å². The Balaban J connectivity index is 1.17. The molecular formula is C39H37F3N12O2. The number of likely N-dealkylation sites (N-methyl/N-ethyl adjacent to an activating group) is 1. The summed E-state index contributed by atoms with van der Waals surface area (Å²) in [6, 6.07) is 12.9. The second-order valence-electron chi connectivity index (χ2n) is 15.1. The van der Waals surface area contributed by atoms with Gasteiger partial charge in [0.2, 0.25) is 11.9 Å². The fourth-order valence-electron chi connectivity index (χ4n) is 8.19. The lowest BCUT2D eigenvalue weighted by Crippen LogP contribution is -2.54. The molecule has 4 bridgehead atoms. The van der Waals surface area contributed by atoms with Gasteiger partial charge < -0.3 is 29.3 Å². The van der Waals surface area contributed by atoms with Crippen LogP contribution in [0, 0.1) is 41.1 Å². The van der Waals surface area contributed by atoms with Gasteiger partial charge in [-0.2, -0.15) is 20.3 Å². The van der Waals surface area contributed by atoms with Crippen LogP contribution in [0.1, 0.15) is 19.2 Å². The van der Waals surface area contributed by atoms with E-state index >= 15 is 8.78 Å². The number of nitriles is 1. The first-order valence-corrected chi connectivity index (χ1v) is 18.2. The molecule has 56 heavy (non-hydrogen) atoms. The number of rotatable bonds is 4. The number of methoxy groups -OCH3 is 1. The molecule has 1 amide bonds. The van der Waals surface area contributed by atoms with Gasteiger partial charge in [-0.3, -0.25) is 4.79 Å². The second kappa shape index (κ2) is 13.2.